The number of hydrogen-bond acceptors (Lipinski definition) is 7. The molecular formula is C20H30O7. The molecule has 0 radical (unpaired) electrons. The average Bonchev–Trinajstić information content (AvgIpc) is 2.74. The summed E-state index contributed by atoms with van der Waals surface area (Å²) in [6.45, 7) is 14.0. The first-order valence-corrected chi connectivity index (χ1v) is 9.68. The molecule has 6 unspecified atom stereocenters. The zero-order chi connectivity index (χ0) is 20.0. The van der Waals surface area contributed by atoms with Crippen molar-refractivity contribution in [3.8, 4) is 0 Å². The van der Waals surface area contributed by atoms with Gasteiger partial charge in [-0.2, -0.15) is 0 Å². The fourth-order valence-corrected chi connectivity index (χ4v) is 4.90. The van der Waals surface area contributed by atoms with E-state index in [0.717, 1.165) is 6.42 Å². The summed E-state index contributed by atoms with van der Waals surface area (Å²) in [5, 5.41) is 0. The Morgan fingerprint density at radius 2 is 1.74 bits per heavy atom. The molecule has 0 aromatic heterocycles. The summed E-state index contributed by atoms with van der Waals surface area (Å²) in [6.07, 6.45) is -2.05. The highest BCUT2D eigenvalue weighted by atomic mass is 16.8. The van der Waals surface area contributed by atoms with Crippen LogP contribution in [0.15, 0.2) is 0 Å². The number of carbonyl (C=O) groups is 2. The fraction of sp³-hybridized carbons (Fsp3) is 0.900. The Morgan fingerprint density at radius 1 is 1.11 bits per heavy atom. The van der Waals surface area contributed by atoms with Crippen molar-refractivity contribution in [3.05, 3.63) is 0 Å². The van der Waals surface area contributed by atoms with E-state index in [2.05, 4.69) is 34.6 Å². The van der Waals surface area contributed by atoms with Crippen LogP contribution in [0.4, 0.5) is 0 Å². The predicted molar refractivity (Wildman–Crippen MR) is 93.4 cm³/mol. The third-order valence-corrected chi connectivity index (χ3v) is 6.18. The molecule has 0 spiro atoms. The maximum atomic E-state index is 13.1. The molecule has 0 N–H and O–H groups in total. The van der Waals surface area contributed by atoms with Crippen LogP contribution in [0.3, 0.4) is 0 Å². The molecule has 3 heterocycles. The van der Waals surface area contributed by atoms with Gasteiger partial charge >= 0.3 is 11.9 Å². The minimum absolute atomic E-state index is 0.0281. The van der Waals surface area contributed by atoms with Crippen LogP contribution >= 0.6 is 0 Å². The molecule has 4 rings (SSSR count). The van der Waals surface area contributed by atoms with Gasteiger partial charge < -0.3 is 23.7 Å². The third kappa shape index (κ3) is 2.98. The van der Waals surface area contributed by atoms with E-state index in [-0.39, 0.29) is 16.8 Å². The van der Waals surface area contributed by atoms with Gasteiger partial charge in [-0.3, -0.25) is 4.79 Å². The van der Waals surface area contributed by atoms with E-state index in [0.29, 0.717) is 6.42 Å². The summed E-state index contributed by atoms with van der Waals surface area (Å²) >= 11 is 0. The Morgan fingerprint density at radius 3 is 2.30 bits per heavy atom. The average molecular weight is 382 g/mol. The van der Waals surface area contributed by atoms with Crippen molar-refractivity contribution in [3.63, 3.8) is 0 Å². The lowest BCUT2D eigenvalue weighted by Crippen LogP contribution is -2.40. The minimum atomic E-state index is -1.07. The summed E-state index contributed by atoms with van der Waals surface area (Å²) < 4.78 is 28.5. The van der Waals surface area contributed by atoms with Gasteiger partial charge in [-0.25, -0.2) is 4.79 Å². The van der Waals surface area contributed by atoms with Crippen LogP contribution in [0.25, 0.3) is 0 Å². The maximum Gasteiger partial charge on any atom is 0.350 e. The van der Waals surface area contributed by atoms with E-state index in [4.69, 9.17) is 23.7 Å². The van der Waals surface area contributed by atoms with Crippen LogP contribution in [0.2, 0.25) is 0 Å². The lowest BCUT2D eigenvalue weighted by atomic mass is 9.79. The van der Waals surface area contributed by atoms with E-state index >= 15 is 0 Å². The number of ether oxygens (including phenoxy) is 5. The number of hydrogen-bond donors (Lipinski definition) is 0. The SMILES string of the molecule is CC(C)(C)CC1(C(=O)OC2C(=O)OC3C4OC(C)(C)OC4OC23)CC1(C)C. The molecule has 0 bridgehead atoms. The van der Waals surface area contributed by atoms with Gasteiger partial charge in [0.1, 0.15) is 6.10 Å². The van der Waals surface area contributed by atoms with Crippen LogP contribution in [-0.2, 0) is 33.3 Å². The summed E-state index contributed by atoms with van der Waals surface area (Å²) in [5.74, 6) is -1.71. The van der Waals surface area contributed by atoms with E-state index in [9.17, 15) is 9.59 Å². The van der Waals surface area contributed by atoms with E-state index in [1.54, 1.807) is 13.8 Å². The van der Waals surface area contributed by atoms with Crippen molar-refractivity contribution in [1.82, 2.24) is 0 Å². The van der Waals surface area contributed by atoms with Crippen molar-refractivity contribution >= 4 is 11.9 Å². The van der Waals surface area contributed by atoms with Gasteiger partial charge in [-0.15, -0.1) is 0 Å². The second-order valence-corrected chi connectivity index (χ2v) is 10.7. The summed E-state index contributed by atoms with van der Waals surface area (Å²) in [4.78, 5) is 25.5. The van der Waals surface area contributed by atoms with Gasteiger partial charge in [0.2, 0.25) is 6.10 Å². The molecular weight excluding hydrogens is 352 g/mol. The Kier molecular flexibility index (Phi) is 3.87. The van der Waals surface area contributed by atoms with E-state index in [1.807, 2.05) is 0 Å². The molecule has 7 nitrogen and oxygen atoms in total. The molecule has 152 valence electrons. The molecule has 4 fully saturated rings. The number of rotatable bonds is 3. The van der Waals surface area contributed by atoms with Gasteiger partial charge in [0.25, 0.3) is 0 Å². The highest BCUT2D eigenvalue weighted by Crippen LogP contribution is 2.68. The fourth-order valence-electron chi connectivity index (χ4n) is 4.90. The van der Waals surface area contributed by atoms with Crippen LogP contribution in [0, 0.1) is 16.2 Å². The van der Waals surface area contributed by atoms with Gasteiger partial charge in [0.05, 0.1) is 5.41 Å². The molecule has 0 aromatic rings. The molecule has 0 amide bonds. The standard InChI is InChI=1S/C20H30O7/c1-17(2,3)8-20(9-18(20,4)5)16(22)25-12-10-11(23-14(12)21)13-15(24-10)27-19(6,7)26-13/h10-13,15H,8-9H2,1-7H3. The van der Waals surface area contributed by atoms with E-state index < -0.39 is 47.9 Å². The predicted octanol–water partition coefficient (Wildman–Crippen LogP) is 2.55. The molecule has 3 aliphatic heterocycles. The Balaban J connectivity index is 1.49. The Labute approximate surface area is 160 Å². The lowest BCUT2D eigenvalue weighted by molar-refractivity contribution is -0.217. The molecule has 7 heteroatoms. The van der Waals surface area contributed by atoms with Gasteiger partial charge in [0.15, 0.2) is 24.3 Å². The smallest absolute Gasteiger partial charge is 0.350 e. The zero-order valence-electron chi connectivity index (χ0n) is 17.2. The van der Waals surface area contributed by atoms with Crippen LogP contribution in [-0.4, -0.2) is 48.4 Å². The first kappa shape index (κ1) is 19.2. The molecule has 27 heavy (non-hydrogen) atoms. The minimum Gasteiger partial charge on any atom is -0.454 e. The molecule has 3 saturated heterocycles. The van der Waals surface area contributed by atoms with E-state index in [1.165, 1.54) is 0 Å². The molecule has 0 aromatic carbocycles. The number of carbonyl (C=O) groups excluding carboxylic acids is 2. The summed E-state index contributed by atoms with van der Waals surface area (Å²) in [6, 6.07) is 0. The quantitative estimate of drug-likeness (QED) is 0.694. The molecule has 4 aliphatic rings. The maximum absolute atomic E-state index is 13.1. The lowest BCUT2D eigenvalue weighted by Gasteiger charge is -2.29. The van der Waals surface area contributed by atoms with Gasteiger partial charge in [0, 0.05) is 0 Å². The van der Waals surface area contributed by atoms with Crippen molar-refractivity contribution in [1.29, 1.82) is 0 Å². The van der Waals surface area contributed by atoms with Crippen molar-refractivity contribution in [2.24, 2.45) is 16.2 Å². The third-order valence-electron chi connectivity index (χ3n) is 6.18. The molecule has 1 saturated carbocycles. The van der Waals surface area contributed by atoms with Crippen molar-refractivity contribution in [2.45, 2.75) is 97.8 Å². The molecule has 6 atom stereocenters. The topological polar surface area (TPSA) is 80.3 Å². The van der Waals surface area contributed by atoms with Gasteiger partial charge in [-0.05, 0) is 37.5 Å². The monoisotopic (exact) mass is 382 g/mol. The zero-order valence-corrected chi connectivity index (χ0v) is 17.2. The number of esters is 2. The number of fused-ring (bicyclic) bond motifs is 3. The Bertz CT molecular complexity index is 676. The first-order chi connectivity index (χ1) is 12.2. The van der Waals surface area contributed by atoms with Crippen LogP contribution < -0.4 is 0 Å². The highest BCUT2D eigenvalue weighted by Gasteiger charge is 2.70. The van der Waals surface area contributed by atoms with Crippen molar-refractivity contribution < 1.29 is 33.3 Å². The highest BCUT2D eigenvalue weighted by molar-refractivity contribution is 5.86. The second kappa shape index (κ2) is 5.45. The van der Waals surface area contributed by atoms with Crippen LogP contribution in [0.5, 0.6) is 0 Å². The molecule has 1 aliphatic carbocycles. The summed E-state index contributed by atoms with van der Waals surface area (Å²) in [7, 11) is 0. The van der Waals surface area contributed by atoms with Gasteiger partial charge in [-0.1, -0.05) is 34.6 Å². The summed E-state index contributed by atoms with van der Waals surface area (Å²) in [5.41, 5.74) is -0.755. The van der Waals surface area contributed by atoms with Crippen LogP contribution in [0.1, 0.15) is 61.3 Å². The Hall–Kier alpha value is -1.18. The first-order valence-electron chi connectivity index (χ1n) is 9.68. The van der Waals surface area contributed by atoms with Crippen molar-refractivity contribution in [2.75, 3.05) is 0 Å². The second-order valence-electron chi connectivity index (χ2n) is 10.7. The normalized spacial score (nSPS) is 43.8. The largest absolute Gasteiger partial charge is 0.454 e.